The number of ether oxygens (including phenoxy) is 2. The van der Waals surface area contributed by atoms with Crippen molar-refractivity contribution in [3.05, 3.63) is 53.6 Å². The molecule has 2 rings (SSSR count). The number of ketones is 1. The van der Waals surface area contributed by atoms with Crippen molar-refractivity contribution >= 4 is 23.3 Å². The first-order chi connectivity index (χ1) is 12.9. The number of rotatable bonds is 8. The molecular formula is C20H22N2O5. The minimum atomic E-state index is -0.293. The predicted molar refractivity (Wildman–Crippen MR) is 101 cm³/mol. The van der Waals surface area contributed by atoms with Crippen LogP contribution in [0.15, 0.2) is 42.5 Å². The van der Waals surface area contributed by atoms with Crippen LogP contribution in [0.5, 0.6) is 11.5 Å². The first-order valence-corrected chi connectivity index (χ1v) is 8.34. The molecule has 27 heavy (non-hydrogen) atoms. The Morgan fingerprint density at radius 1 is 0.963 bits per heavy atom. The zero-order chi connectivity index (χ0) is 19.8. The van der Waals surface area contributed by atoms with Crippen LogP contribution >= 0.6 is 0 Å². The van der Waals surface area contributed by atoms with Crippen LogP contribution in [0.4, 0.5) is 5.69 Å². The van der Waals surface area contributed by atoms with Crippen LogP contribution in [0.1, 0.15) is 29.8 Å². The topological polar surface area (TPSA) is 93.7 Å². The van der Waals surface area contributed by atoms with Crippen molar-refractivity contribution in [2.75, 3.05) is 19.0 Å². The average molecular weight is 370 g/mol. The summed E-state index contributed by atoms with van der Waals surface area (Å²) in [6.07, 6.45) is 0. The number of Topliss-reactive ketones (excluding diaryl/α,β-unsaturated/α-hetero) is 1. The summed E-state index contributed by atoms with van der Waals surface area (Å²) in [5, 5.41) is 5.43. The zero-order valence-electron chi connectivity index (χ0n) is 15.5. The van der Waals surface area contributed by atoms with Gasteiger partial charge in [0.25, 0.3) is 5.91 Å². The molecule has 7 nitrogen and oxygen atoms in total. The second-order valence-corrected chi connectivity index (χ2v) is 5.87. The molecule has 0 bridgehead atoms. The molecule has 7 heteroatoms. The summed E-state index contributed by atoms with van der Waals surface area (Å²) in [6.45, 7) is 3.06. The number of amides is 2. The second kappa shape index (κ2) is 9.38. The fourth-order valence-corrected chi connectivity index (χ4v) is 2.31. The molecule has 0 unspecified atom stereocenters. The van der Waals surface area contributed by atoms with Crippen molar-refractivity contribution in [3.63, 3.8) is 0 Å². The fourth-order valence-electron chi connectivity index (χ4n) is 2.31. The van der Waals surface area contributed by atoms with Crippen molar-refractivity contribution in [2.24, 2.45) is 0 Å². The van der Waals surface area contributed by atoms with E-state index in [4.69, 9.17) is 9.47 Å². The molecule has 2 aromatic carbocycles. The third-order valence-corrected chi connectivity index (χ3v) is 3.69. The van der Waals surface area contributed by atoms with Crippen LogP contribution < -0.4 is 20.1 Å². The Morgan fingerprint density at radius 2 is 1.67 bits per heavy atom. The molecule has 0 aliphatic heterocycles. The van der Waals surface area contributed by atoms with Crippen LogP contribution in [-0.2, 0) is 16.1 Å². The Labute approximate surface area is 157 Å². The summed E-state index contributed by atoms with van der Waals surface area (Å²) >= 11 is 0. The molecule has 0 saturated carbocycles. The van der Waals surface area contributed by atoms with Gasteiger partial charge in [0, 0.05) is 24.7 Å². The van der Waals surface area contributed by atoms with Crippen LogP contribution in [0.2, 0.25) is 0 Å². The Balaban J connectivity index is 1.86. The van der Waals surface area contributed by atoms with Gasteiger partial charge in [-0.05, 0) is 42.8 Å². The largest absolute Gasteiger partial charge is 0.493 e. The lowest BCUT2D eigenvalue weighted by Crippen LogP contribution is -2.28. The highest BCUT2D eigenvalue weighted by Gasteiger charge is 2.10. The molecule has 0 aromatic heterocycles. The first-order valence-electron chi connectivity index (χ1n) is 8.34. The minimum Gasteiger partial charge on any atom is -0.493 e. The average Bonchev–Trinajstić information content (AvgIpc) is 2.65. The SMILES string of the molecule is COc1cc(C(C)=O)ccc1OCC(=O)NCc1ccc(NC(C)=O)cc1. The van der Waals surface area contributed by atoms with Gasteiger partial charge in [0.1, 0.15) is 0 Å². The maximum Gasteiger partial charge on any atom is 0.258 e. The van der Waals surface area contributed by atoms with Gasteiger partial charge in [-0.25, -0.2) is 0 Å². The normalized spacial score (nSPS) is 10.0. The smallest absolute Gasteiger partial charge is 0.258 e. The number of benzene rings is 2. The van der Waals surface area contributed by atoms with E-state index in [9.17, 15) is 14.4 Å². The van der Waals surface area contributed by atoms with Gasteiger partial charge >= 0.3 is 0 Å². The van der Waals surface area contributed by atoms with E-state index in [1.807, 2.05) is 12.1 Å². The fraction of sp³-hybridized carbons (Fsp3) is 0.250. The van der Waals surface area contributed by atoms with E-state index < -0.39 is 0 Å². The van der Waals surface area contributed by atoms with Crippen LogP contribution in [-0.4, -0.2) is 31.3 Å². The molecule has 2 N–H and O–H groups in total. The lowest BCUT2D eigenvalue weighted by Gasteiger charge is -2.12. The molecule has 0 heterocycles. The Kier molecular flexibility index (Phi) is 6.93. The molecule has 2 amide bonds. The standard InChI is InChI=1S/C20H22N2O5/c1-13(23)16-6-9-18(19(10-16)26-3)27-12-20(25)21-11-15-4-7-17(8-5-15)22-14(2)24/h4-10H,11-12H2,1-3H3,(H,21,25)(H,22,24). The first kappa shape index (κ1) is 20.0. The molecule has 0 radical (unpaired) electrons. The Morgan fingerprint density at radius 3 is 2.26 bits per heavy atom. The van der Waals surface area contributed by atoms with E-state index in [0.717, 1.165) is 5.56 Å². The Hall–Kier alpha value is -3.35. The van der Waals surface area contributed by atoms with Crippen LogP contribution in [0.25, 0.3) is 0 Å². The lowest BCUT2D eigenvalue weighted by molar-refractivity contribution is -0.123. The monoisotopic (exact) mass is 370 g/mol. The summed E-state index contributed by atoms with van der Waals surface area (Å²) in [4.78, 5) is 34.4. The van der Waals surface area contributed by atoms with Gasteiger partial charge in [-0.2, -0.15) is 0 Å². The molecule has 142 valence electrons. The maximum atomic E-state index is 12.0. The van der Waals surface area contributed by atoms with Crippen molar-refractivity contribution in [2.45, 2.75) is 20.4 Å². The molecule has 0 spiro atoms. The third-order valence-electron chi connectivity index (χ3n) is 3.69. The molecular weight excluding hydrogens is 348 g/mol. The van der Waals surface area contributed by atoms with Crippen molar-refractivity contribution in [3.8, 4) is 11.5 Å². The van der Waals surface area contributed by atoms with E-state index in [2.05, 4.69) is 10.6 Å². The summed E-state index contributed by atoms with van der Waals surface area (Å²) in [5.74, 6) is 0.266. The summed E-state index contributed by atoms with van der Waals surface area (Å²) in [6, 6.07) is 12.0. The van der Waals surface area contributed by atoms with Gasteiger partial charge in [-0.3, -0.25) is 14.4 Å². The summed E-state index contributed by atoms with van der Waals surface area (Å²) in [7, 11) is 1.47. The number of hydrogen-bond donors (Lipinski definition) is 2. The van der Waals surface area contributed by atoms with Crippen LogP contribution in [0, 0.1) is 0 Å². The van der Waals surface area contributed by atoms with Crippen molar-refractivity contribution < 1.29 is 23.9 Å². The number of nitrogens with one attached hydrogen (secondary N) is 2. The molecule has 0 aliphatic rings. The summed E-state index contributed by atoms with van der Waals surface area (Å²) in [5.41, 5.74) is 2.09. The molecule has 0 fully saturated rings. The van der Waals surface area contributed by atoms with E-state index in [0.29, 0.717) is 29.3 Å². The quantitative estimate of drug-likeness (QED) is 0.697. The van der Waals surface area contributed by atoms with Gasteiger partial charge < -0.3 is 20.1 Å². The van der Waals surface area contributed by atoms with Gasteiger partial charge in [0.05, 0.1) is 7.11 Å². The summed E-state index contributed by atoms with van der Waals surface area (Å²) < 4.78 is 10.7. The zero-order valence-corrected chi connectivity index (χ0v) is 15.5. The van der Waals surface area contributed by atoms with Crippen molar-refractivity contribution in [1.82, 2.24) is 5.32 Å². The molecule has 0 saturated heterocycles. The Bertz CT molecular complexity index is 831. The van der Waals surface area contributed by atoms with Gasteiger partial charge in [0.2, 0.25) is 5.91 Å². The van der Waals surface area contributed by atoms with E-state index in [1.165, 1.54) is 21.0 Å². The highest BCUT2D eigenvalue weighted by Crippen LogP contribution is 2.28. The van der Waals surface area contributed by atoms with Crippen molar-refractivity contribution in [1.29, 1.82) is 0 Å². The number of methoxy groups -OCH3 is 1. The van der Waals surface area contributed by atoms with Gasteiger partial charge in [-0.15, -0.1) is 0 Å². The van der Waals surface area contributed by atoms with E-state index in [-0.39, 0.29) is 24.2 Å². The molecule has 2 aromatic rings. The molecule has 0 aliphatic carbocycles. The molecule has 0 atom stereocenters. The van der Waals surface area contributed by atoms with E-state index >= 15 is 0 Å². The number of hydrogen-bond acceptors (Lipinski definition) is 5. The predicted octanol–water partition coefficient (Wildman–Crippen LogP) is 2.55. The highest BCUT2D eigenvalue weighted by molar-refractivity contribution is 5.94. The number of carbonyl (C=O) groups is 3. The van der Waals surface area contributed by atoms with Gasteiger partial charge in [-0.1, -0.05) is 12.1 Å². The minimum absolute atomic E-state index is 0.0814. The highest BCUT2D eigenvalue weighted by atomic mass is 16.5. The number of anilines is 1. The third kappa shape index (κ3) is 6.14. The van der Waals surface area contributed by atoms with Gasteiger partial charge in [0.15, 0.2) is 23.9 Å². The maximum absolute atomic E-state index is 12.0. The van der Waals surface area contributed by atoms with E-state index in [1.54, 1.807) is 30.3 Å². The lowest BCUT2D eigenvalue weighted by atomic mass is 10.1. The second-order valence-electron chi connectivity index (χ2n) is 5.87. The van der Waals surface area contributed by atoms with Crippen LogP contribution in [0.3, 0.4) is 0 Å². The number of carbonyl (C=O) groups excluding carboxylic acids is 3.